The summed E-state index contributed by atoms with van der Waals surface area (Å²) in [5.74, 6) is 0.850. The number of rotatable bonds is 4. The van der Waals surface area contributed by atoms with Gasteiger partial charge in [0.25, 0.3) is 0 Å². The van der Waals surface area contributed by atoms with Crippen LogP contribution in [0, 0.1) is 5.92 Å². The first-order valence-electron chi connectivity index (χ1n) is 5.78. The Morgan fingerprint density at radius 3 is 2.56 bits per heavy atom. The molecule has 2 rings (SSSR count). The smallest absolute Gasteiger partial charge is 0.224 e. The van der Waals surface area contributed by atoms with Crippen LogP contribution in [0.3, 0.4) is 0 Å². The number of nitrogens with one attached hydrogen (secondary N) is 1. The molecular weight excluding hydrogens is 218 g/mol. The molecule has 0 saturated heterocycles. The molecule has 0 spiro atoms. The number of thiol groups is 1. The molecule has 0 bridgehead atoms. The van der Waals surface area contributed by atoms with Crippen molar-refractivity contribution in [3.63, 3.8) is 0 Å². The second-order valence-corrected chi connectivity index (χ2v) is 4.96. The first kappa shape index (κ1) is 11.5. The molecule has 0 aromatic heterocycles. The molecule has 1 aromatic rings. The van der Waals surface area contributed by atoms with Gasteiger partial charge in [0.05, 0.1) is 6.42 Å². The maximum Gasteiger partial charge on any atom is 0.224 e. The van der Waals surface area contributed by atoms with Gasteiger partial charge in [-0.1, -0.05) is 18.6 Å². The highest BCUT2D eigenvalue weighted by Gasteiger charge is 2.17. The zero-order chi connectivity index (χ0) is 11.4. The van der Waals surface area contributed by atoms with Crippen LogP contribution in [-0.4, -0.2) is 12.5 Å². The molecule has 16 heavy (non-hydrogen) atoms. The van der Waals surface area contributed by atoms with Crippen molar-refractivity contribution in [2.75, 3.05) is 6.54 Å². The third-order valence-electron chi connectivity index (χ3n) is 3.11. The van der Waals surface area contributed by atoms with E-state index in [1.54, 1.807) is 0 Å². The topological polar surface area (TPSA) is 29.1 Å². The molecule has 86 valence electrons. The summed E-state index contributed by atoms with van der Waals surface area (Å²) in [5, 5.41) is 2.99. The Morgan fingerprint density at radius 2 is 2.00 bits per heavy atom. The zero-order valence-corrected chi connectivity index (χ0v) is 10.2. The predicted molar refractivity (Wildman–Crippen MR) is 67.7 cm³/mol. The monoisotopic (exact) mass is 235 g/mol. The average molecular weight is 235 g/mol. The molecule has 1 aromatic carbocycles. The maximum atomic E-state index is 11.6. The second-order valence-electron chi connectivity index (χ2n) is 4.44. The predicted octanol–water partition coefficient (Wildman–Crippen LogP) is 2.43. The van der Waals surface area contributed by atoms with Crippen molar-refractivity contribution in [2.24, 2.45) is 5.92 Å². The Labute approximate surface area is 102 Å². The number of carbonyl (C=O) groups excluding carboxylic acids is 1. The standard InChI is InChI=1S/C13H17NOS/c15-13(14-9-11-2-1-3-11)8-10-4-6-12(16)7-5-10/h4-7,11,16H,1-3,8-9H2,(H,14,15). The van der Waals surface area contributed by atoms with E-state index in [0.29, 0.717) is 6.42 Å². The summed E-state index contributed by atoms with van der Waals surface area (Å²) < 4.78 is 0. The molecular formula is C13H17NOS. The van der Waals surface area contributed by atoms with Crippen LogP contribution in [0.2, 0.25) is 0 Å². The lowest BCUT2D eigenvalue weighted by Gasteiger charge is -2.25. The van der Waals surface area contributed by atoms with Crippen LogP contribution >= 0.6 is 12.6 Å². The summed E-state index contributed by atoms with van der Waals surface area (Å²) in [5.41, 5.74) is 1.05. The molecule has 3 heteroatoms. The SMILES string of the molecule is O=C(Cc1ccc(S)cc1)NCC1CCC1. The molecule has 1 amide bonds. The van der Waals surface area contributed by atoms with Crippen molar-refractivity contribution in [3.8, 4) is 0 Å². The van der Waals surface area contributed by atoms with Gasteiger partial charge in [-0.2, -0.15) is 0 Å². The molecule has 0 heterocycles. The normalized spacial score (nSPS) is 15.6. The first-order chi connectivity index (χ1) is 7.74. The highest BCUT2D eigenvalue weighted by atomic mass is 32.1. The molecule has 1 aliphatic rings. The number of amides is 1. The third-order valence-corrected chi connectivity index (χ3v) is 3.41. The summed E-state index contributed by atoms with van der Waals surface area (Å²) in [7, 11) is 0. The van der Waals surface area contributed by atoms with Crippen molar-refractivity contribution in [2.45, 2.75) is 30.6 Å². The molecule has 0 atom stereocenters. The maximum absolute atomic E-state index is 11.6. The Kier molecular flexibility index (Phi) is 3.88. The Bertz CT molecular complexity index is 357. The molecule has 1 fully saturated rings. The quantitative estimate of drug-likeness (QED) is 0.771. The number of hydrogen-bond donors (Lipinski definition) is 2. The lowest BCUT2D eigenvalue weighted by Crippen LogP contribution is -2.33. The van der Waals surface area contributed by atoms with E-state index >= 15 is 0 Å². The summed E-state index contributed by atoms with van der Waals surface area (Å²) >= 11 is 4.21. The van der Waals surface area contributed by atoms with Crippen LogP contribution in [0.5, 0.6) is 0 Å². The highest BCUT2D eigenvalue weighted by Crippen LogP contribution is 2.25. The van der Waals surface area contributed by atoms with Crippen molar-refractivity contribution in [1.82, 2.24) is 5.32 Å². The van der Waals surface area contributed by atoms with Crippen molar-refractivity contribution in [1.29, 1.82) is 0 Å². The van der Waals surface area contributed by atoms with Crippen LogP contribution < -0.4 is 5.32 Å². The Hall–Kier alpha value is -0.960. The molecule has 0 aliphatic heterocycles. The van der Waals surface area contributed by atoms with E-state index in [1.165, 1.54) is 19.3 Å². The second kappa shape index (κ2) is 5.39. The fraction of sp³-hybridized carbons (Fsp3) is 0.462. The minimum atomic E-state index is 0.124. The van der Waals surface area contributed by atoms with Crippen molar-refractivity contribution in [3.05, 3.63) is 29.8 Å². The van der Waals surface area contributed by atoms with Crippen LogP contribution in [0.1, 0.15) is 24.8 Å². The van der Waals surface area contributed by atoms with Crippen LogP contribution in [0.4, 0.5) is 0 Å². The minimum absolute atomic E-state index is 0.124. The van der Waals surface area contributed by atoms with E-state index in [2.05, 4.69) is 17.9 Å². The van der Waals surface area contributed by atoms with Crippen molar-refractivity contribution >= 4 is 18.5 Å². The van der Waals surface area contributed by atoms with Crippen LogP contribution in [-0.2, 0) is 11.2 Å². The van der Waals surface area contributed by atoms with Gasteiger partial charge in [0, 0.05) is 11.4 Å². The fourth-order valence-electron chi connectivity index (χ4n) is 1.82. The summed E-state index contributed by atoms with van der Waals surface area (Å²) in [6.07, 6.45) is 4.34. The molecule has 0 radical (unpaired) electrons. The van der Waals surface area contributed by atoms with Crippen molar-refractivity contribution < 1.29 is 4.79 Å². The van der Waals surface area contributed by atoms with E-state index in [1.807, 2.05) is 24.3 Å². The lowest BCUT2D eigenvalue weighted by atomic mass is 9.85. The van der Waals surface area contributed by atoms with E-state index in [0.717, 1.165) is 22.9 Å². The van der Waals surface area contributed by atoms with E-state index in [9.17, 15) is 4.79 Å². The van der Waals surface area contributed by atoms with Crippen LogP contribution in [0.15, 0.2) is 29.2 Å². The van der Waals surface area contributed by atoms with Gasteiger partial charge in [0.2, 0.25) is 5.91 Å². The minimum Gasteiger partial charge on any atom is -0.356 e. The molecule has 2 nitrogen and oxygen atoms in total. The number of carbonyl (C=O) groups is 1. The number of hydrogen-bond acceptors (Lipinski definition) is 2. The largest absolute Gasteiger partial charge is 0.356 e. The Morgan fingerprint density at radius 1 is 1.31 bits per heavy atom. The molecule has 1 saturated carbocycles. The first-order valence-corrected chi connectivity index (χ1v) is 6.23. The van der Waals surface area contributed by atoms with Gasteiger partial charge in [0.1, 0.15) is 0 Å². The van der Waals surface area contributed by atoms with E-state index in [-0.39, 0.29) is 5.91 Å². The van der Waals surface area contributed by atoms with Crippen LogP contribution in [0.25, 0.3) is 0 Å². The third kappa shape index (κ3) is 3.27. The summed E-state index contributed by atoms with van der Waals surface area (Å²) in [6.45, 7) is 0.851. The van der Waals surface area contributed by atoms with Gasteiger partial charge in [-0.25, -0.2) is 0 Å². The zero-order valence-electron chi connectivity index (χ0n) is 9.28. The van der Waals surface area contributed by atoms with E-state index < -0.39 is 0 Å². The van der Waals surface area contributed by atoms with Gasteiger partial charge in [0.15, 0.2) is 0 Å². The lowest BCUT2D eigenvalue weighted by molar-refractivity contribution is -0.120. The van der Waals surface area contributed by atoms with Gasteiger partial charge in [-0.15, -0.1) is 12.6 Å². The van der Waals surface area contributed by atoms with Gasteiger partial charge in [-0.3, -0.25) is 4.79 Å². The van der Waals surface area contributed by atoms with E-state index in [4.69, 9.17) is 0 Å². The summed E-state index contributed by atoms with van der Waals surface area (Å²) in [4.78, 5) is 12.5. The van der Waals surface area contributed by atoms with Gasteiger partial charge < -0.3 is 5.32 Å². The fourth-order valence-corrected chi connectivity index (χ4v) is 1.97. The molecule has 0 unspecified atom stereocenters. The summed E-state index contributed by atoms with van der Waals surface area (Å²) in [6, 6.07) is 7.73. The average Bonchev–Trinajstić information content (AvgIpc) is 2.19. The molecule has 1 N–H and O–H groups in total. The van der Waals surface area contributed by atoms with Gasteiger partial charge in [-0.05, 0) is 36.5 Å². The molecule has 1 aliphatic carbocycles. The number of benzene rings is 1. The van der Waals surface area contributed by atoms with Gasteiger partial charge >= 0.3 is 0 Å². The highest BCUT2D eigenvalue weighted by molar-refractivity contribution is 7.80. The Balaban J connectivity index is 1.75.